The molecule has 124 valence electrons. The SMILES string of the molecule is Cc1ccc(OCC(O)CN(CCO)Cc2ccccc2)cc1. The first-order valence-corrected chi connectivity index (χ1v) is 7.92. The Morgan fingerprint density at radius 2 is 1.74 bits per heavy atom. The van der Waals surface area contributed by atoms with Crippen LogP contribution in [-0.4, -0.2) is 47.5 Å². The Morgan fingerprint density at radius 3 is 2.39 bits per heavy atom. The molecule has 0 heterocycles. The summed E-state index contributed by atoms with van der Waals surface area (Å²) in [7, 11) is 0. The molecule has 0 aliphatic heterocycles. The molecule has 0 aliphatic carbocycles. The second-order valence-electron chi connectivity index (χ2n) is 5.72. The molecule has 0 amide bonds. The van der Waals surface area contributed by atoms with E-state index in [9.17, 15) is 10.2 Å². The van der Waals surface area contributed by atoms with Crippen molar-refractivity contribution < 1.29 is 14.9 Å². The van der Waals surface area contributed by atoms with Crippen LogP contribution in [0.3, 0.4) is 0 Å². The van der Waals surface area contributed by atoms with Gasteiger partial charge in [-0.2, -0.15) is 0 Å². The van der Waals surface area contributed by atoms with E-state index in [4.69, 9.17) is 4.74 Å². The highest BCUT2D eigenvalue weighted by Gasteiger charge is 2.13. The van der Waals surface area contributed by atoms with Crippen LogP contribution in [0.5, 0.6) is 5.75 Å². The molecule has 2 N–H and O–H groups in total. The second-order valence-corrected chi connectivity index (χ2v) is 5.72. The summed E-state index contributed by atoms with van der Waals surface area (Å²) in [5, 5.41) is 19.4. The smallest absolute Gasteiger partial charge is 0.119 e. The first-order chi connectivity index (χ1) is 11.2. The molecule has 2 aromatic rings. The van der Waals surface area contributed by atoms with Gasteiger partial charge in [-0.3, -0.25) is 4.90 Å². The third-order valence-electron chi connectivity index (χ3n) is 3.60. The van der Waals surface area contributed by atoms with Crippen molar-refractivity contribution >= 4 is 0 Å². The van der Waals surface area contributed by atoms with E-state index in [1.807, 2.05) is 66.4 Å². The molecule has 1 unspecified atom stereocenters. The fraction of sp³-hybridized carbons (Fsp3) is 0.368. The van der Waals surface area contributed by atoms with Crippen LogP contribution in [0.1, 0.15) is 11.1 Å². The average molecular weight is 315 g/mol. The van der Waals surface area contributed by atoms with Gasteiger partial charge >= 0.3 is 0 Å². The van der Waals surface area contributed by atoms with Crippen molar-refractivity contribution in [3.05, 3.63) is 65.7 Å². The van der Waals surface area contributed by atoms with E-state index in [1.54, 1.807) is 0 Å². The summed E-state index contributed by atoms with van der Waals surface area (Å²) in [6, 6.07) is 17.8. The zero-order valence-electron chi connectivity index (χ0n) is 13.6. The van der Waals surface area contributed by atoms with Crippen molar-refractivity contribution in [1.29, 1.82) is 0 Å². The van der Waals surface area contributed by atoms with E-state index in [-0.39, 0.29) is 13.2 Å². The lowest BCUT2D eigenvalue weighted by Crippen LogP contribution is -2.37. The van der Waals surface area contributed by atoms with E-state index < -0.39 is 6.10 Å². The van der Waals surface area contributed by atoms with Crippen molar-refractivity contribution in [2.45, 2.75) is 19.6 Å². The highest BCUT2D eigenvalue weighted by atomic mass is 16.5. The highest BCUT2D eigenvalue weighted by Crippen LogP contribution is 2.12. The minimum atomic E-state index is -0.605. The van der Waals surface area contributed by atoms with Gasteiger partial charge in [-0.1, -0.05) is 48.0 Å². The number of aliphatic hydroxyl groups is 2. The van der Waals surface area contributed by atoms with Crippen molar-refractivity contribution in [2.24, 2.45) is 0 Å². The summed E-state index contributed by atoms with van der Waals surface area (Å²) < 4.78 is 5.61. The molecule has 0 aromatic heterocycles. The summed E-state index contributed by atoms with van der Waals surface area (Å²) in [5.74, 6) is 0.756. The Balaban J connectivity index is 1.82. The fourth-order valence-electron chi connectivity index (χ4n) is 2.40. The summed E-state index contributed by atoms with van der Waals surface area (Å²) in [6.45, 7) is 4.01. The summed E-state index contributed by atoms with van der Waals surface area (Å²) in [6.07, 6.45) is -0.605. The van der Waals surface area contributed by atoms with Crippen LogP contribution < -0.4 is 4.74 Å². The molecule has 1 atom stereocenters. The third-order valence-corrected chi connectivity index (χ3v) is 3.60. The number of ether oxygens (including phenoxy) is 1. The van der Waals surface area contributed by atoms with Gasteiger partial charge in [-0.05, 0) is 24.6 Å². The molecule has 2 rings (SSSR count). The minimum absolute atomic E-state index is 0.0678. The first-order valence-electron chi connectivity index (χ1n) is 7.92. The van der Waals surface area contributed by atoms with Crippen LogP contribution in [-0.2, 0) is 6.54 Å². The lowest BCUT2D eigenvalue weighted by atomic mass is 10.2. The number of nitrogens with zero attached hydrogens (tertiary/aromatic N) is 1. The van der Waals surface area contributed by atoms with Crippen molar-refractivity contribution in [2.75, 3.05) is 26.3 Å². The van der Waals surface area contributed by atoms with E-state index >= 15 is 0 Å². The largest absolute Gasteiger partial charge is 0.491 e. The molecule has 0 radical (unpaired) electrons. The molecule has 0 aliphatic rings. The molecule has 0 saturated carbocycles. The topological polar surface area (TPSA) is 52.9 Å². The number of rotatable bonds is 9. The summed E-state index contributed by atoms with van der Waals surface area (Å²) in [4.78, 5) is 2.03. The minimum Gasteiger partial charge on any atom is -0.491 e. The van der Waals surface area contributed by atoms with E-state index in [0.29, 0.717) is 19.6 Å². The molecule has 0 fully saturated rings. The van der Waals surface area contributed by atoms with Crippen molar-refractivity contribution in [1.82, 2.24) is 4.90 Å². The molecular formula is C19H25NO3. The maximum Gasteiger partial charge on any atom is 0.119 e. The van der Waals surface area contributed by atoms with E-state index in [2.05, 4.69) is 0 Å². The Bertz CT molecular complexity index is 557. The molecule has 0 spiro atoms. The van der Waals surface area contributed by atoms with Gasteiger partial charge in [-0.25, -0.2) is 0 Å². The molecule has 2 aromatic carbocycles. The second kappa shape index (κ2) is 9.30. The van der Waals surface area contributed by atoms with Gasteiger partial charge in [0.2, 0.25) is 0 Å². The van der Waals surface area contributed by atoms with Gasteiger partial charge in [0, 0.05) is 19.6 Å². The van der Waals surface area contributed by atoms with Gasteiger partial charge in [0.15, 0.2) is 0 Å². The Labute approximate surface area is 138 Å². The van der Waals surface area contributed by atoms with E-state index in [1.165, 1.54) is 5.56 Å². The lowest BCUT2D eigenvalue weighted by molar-refractivity contribution is 0.0590. The number of hydrogen-bond acceptors (Lipinski definition) is 4. The fourth-order valence-corrected chi connectivity index (χ4v) is 2.40. The number of aryl methyl sites for hydroxylation is 1. The molecule has 4 heteroatoms. The van der Waals surface area contributed by atoms with Crippen LogP contribution in [0.25, 0.3) is 0 Å². The maximum atomic E-state index is 10.2. The van der Waals surface area contributed by atoms with Crippen LogP contribution in [0.4, 0.5) is 0 Å². The van der Waals surface area contributed by atoms with Crippen LogP contribution in [0.15, 0.2) is 54.6 Å². The molecular weight excluding hydrogens is 290 g/mol. The van der Waals surface area contributed by atoms with Crippen LogP contribution in [0.2, 0.25) is 0 Å². The Morgan fingerprint density at radius 1 is 1.04 bits per heavy atom. The summed E-state index contributed by atoms with van der Waals surface area (Å²) >= 11 is 0. The zero-order chi connectivity index (χ0) is 16.5. The molecule has 0 saturated heterocycles. The van der Waals surface area contributed by atoms with Crippen LogP contribution in [0, 0.1) is 6.92 Å². The Kier molecular flexibility index (Phi) is 7.07. The predicted octanol–water partition coefficient (Wildman–Crippen LogP) is 2.23. The third kappa shape index (κ3) is 6.40. The standard InChI is InChI=1S/C19H25NO3/c1-16-7-9-19(10-8-16)23-15-18(22)14-20(11-12-21)13-17-5-3-2-4-6-17/h2-10,18,21-22H,11-15H2,1H3. The van der Waals surface area contributed by atoms with Gasteiger partial charge in [0.05, 0.1) is 6.61 Å². The summed E-state index contributed by atoms with van der Waals surface area (Å²) in [5.41, 5.74) is 2.34. The van der Waals surface area contributed by atoms with Gasteiger partial charge in [0.25, 0.3) is 0 Å². The van der Waals surface area contributed by atoms with E-state index in [0.717, 1.165) is 11.3 Å². The zero-order valence-corrected chi connectivity index (χ0v) is 13.6. The van der Waals surface area contributed by atoms with Gasteiger partial charge in [-0.15, -0.1) is 0 Å². The molecule has 4 nitrogen and oxygen atoms in total. The average Bonchev–Trinajstić information content (AvgIpc) is 2.55. The molecule has 23 heavy (non-hydrogen) atoms. The van der Waals surface area contributed by atoms with Crippen molar-refractivity contribution in [3.8, 4) is 5.75 Å². The molecule has 0 bridgehead atoms. The first kappa shape index (κ1) is 17.5. The highest BCUT2D eigenvalue weighted by molar-refractivity contribution is 5.26. The maximum absolute atomic E-state index is 10.2. The number of hydrogen-bond donors (Lipinski definition) is 2. The number of aliphatic hydroxyl groups excluding tert-OH is 2. The normalized spacial score (nSPS) is 12.3. The number of benzene rings is 2. The predicted molar refractivity (Wildman–Crippen MR) is 91.5 cm³/mol. The van der Waals surface area contributed by atoms with Gasteiger partial charge < -0.3 is 14.9 Å². The quantitative estimate of drug-likeness (QED) is 0.745. The Hall–Kier alpha value is -1.88. The van der Waals surface area contributed by atoms with Gasteiger partial charge in [0.1, 0.15) is 18.5 Å². The van der Waals surface area contributed by atoms with Crippen molar-refractivity contribution in [3.63, 3.8) is 0 Å². The lowest BCUT2D eigenvalue weighted by Gasteiger charge is -2.24. The van der Waals surface area contributed by atoms with Crippen LogP contribution >= 0.6 is 0 Å². The monoisotopic (exact) mass is 315 g/mol.